The Morgan fingerprint density at radius 1 is 0.750 bits per heavy atom. The second-order valence-corrected chi connectivity index (χ2v) is 12.2. The summed E-state index contributed by atoms with van der Waals surface area (Å²) in [7, 11) is -10.2. The van der Waals surface area contributed by atoms with Crippen LogP contribution in [0.15, 0.2) is 83.7 Å². The fraction of sp³-hybridized carbons (Fsp3) is 0. The number of benzene rings is 3. The number of azo groups is 2. The fourth-order valence-corrected chi connectivity index (χ4v) is 5.33. The Kier molecular flexibility index (Phi) is 18.2. The zero-order valence-corrected chi connectivity index (χ0v) is 34.5. The predicted molar refractivity (Wildman–Crippen MR) is 154 cm³/mol. The minimum Gasteiger partial charge on any atom is -0.744 e. The Morgan fingerprint density at radius 2 is 1.33 bits per heavy atom. The molecule has 4 rings (SSSR count). The minimum absolute atomic E-state index is 0. The first kappa shape index (κ1) is 44.9. The molecule has 0 bridgehead atoms. The van der Waals surface area contributed by atoms with E-state index < -0.39 is 58.5 Å². The molecule has 0 saturated heterocycles. The van der Waals surface area contributed by atoms with Gasteiger partial charge in [-0.05, 0) is 59.6 Å². The molecule has 0 radical (unpaired) electrons. The van der Waals surface area contributed by atoms with Gasteiger partial charge < -0.3 is 31.1 Å². The van der Waals surface area contributed by atoms with Crippen molar-refractivity contribution in [2.24, 2.45) is 20.5 Å². The number of nitrogen functional groups attached to an aromatic ring is 2. The first-order chi connectivity index (χ1) is 21.2. The molecule has 0 unspecified atom stereocenters. The van der Waals surface area contributed by atoms with Crippen molar-refractivity contribution in [1.29, 1.82) is 0 Å². The molecule has 4 aromatic rings. The van der Waals surface area contributed by atoms with Crippen LogP contribution in [0.3, 0.4) is 0 Å². The molecule has 0 amide bonds. The zero-order chi connectivity index (χ0) is 32.9. The van der Waals surface area contributed by atoms with Crippen LogP contribution < -0.4 is 111 Å². The SMILES string of the molecule is Nc1c(N=Nc2ccccc2S(=O)(=O)[O-])cc(S(=O)(=O)[O-])c(N)c1N=Nc1cc(Nc2nc(Cl)nc(Cl)n2)ccc1SOO[O-].[Na+].[Na+].[Na+]. The number of anilines is 4. The van der Waals surface area contributed by atoms with Crippen molar-refractivity contribution in [3.63, 3.8) is 0 Å². The number of hydrogen-bond acceptors (Lipinski definition) is 20. The summed E-state index contributed by atoms with van der Waals surface area (Å²) >= 11 is 12.0. The van der Waals surface area contributed by atoms with Crippen molar-refractivity contribution in [1.82, 2.24) is 15.0 Å². The summed E-state index contributed by atoms with van der Waals surface area (Å²) in [4.78, 5) is 9.72. The van der Waals surface area contributed by atoms with Gasteiger partial charge in [-0.15, -0.1) is 20.5 Å². The molecule has 0 fully saturated rings. The maximum Gasteiger partial charge on any atom is 1.00 e. The van der Waals surface area contributed by atoms with Gasteiger partial charge >= 0.3 is 88.7 Å². The van der Waals surface area contributed by atoms with Crippen molar-refractivity contribution < 1.29 is 129 Å². The third kappa shape index (κ3) is 12.0. The molecule has 5 N–H and O–H groups in total. The molecule has 0 spiro atoms. The molecular formula is C21H13Cl2N10Na3O9S3. The number of hydrogen-bond donors (Lipinski definition) is 3. The average molecular weight is 785 g/mol. The van der Waals surface area contributed by atoms with E-state index in [1.54, 1.807) is 0 Å². The second kappa shape index (κ2) is 19.5. The van der Waals surface area contributed by atoms with Gasteiger partial charge in [0.05, 0.1) is 38.1 Å². The Bertz CT molecular complexity index is 2050. The van der Waals surface area contributed by atoms with Crippen LogP contribution in [0.1, 0.15) is 0 Å². The van der Waals surface area contributed by atoms with Crippen LogP contribution in [0.4, 0.5) is 45.8 Å². The molecule has 1 heterocycles. The van der Waals surface area contributed by atoms with Gasteiger partial charge in [-0.3, -0.25) is 5.04 Å². The van der Waals surface area contributed by atoms with Gasteiger partial charge in [0.1, 0.15) is 43.0 Å². The minimum atomic E-state index is -5.27. The Morgan fingerprint density at radius 3 is 1.94 bits per heavy atom. The van der Waals surface area contributed by atoms with E-state index >= 15 is 0 Å². The fourth-order valence-electron chi connectivity index (χ4n) is 3.33. The van der Waals surface area contributed by atoms with Crippen LogP contribution in [-0.2, 0) is 29.6 Å². The summed E-state index contributed by atoms with van der Waals surface area (Å²) in [5.74, 6) is -0.0642. The monoisotopic (exact) mass is 784 g/mol. The molecule has 236 valence electrons. The number of halogens is 2. The van der Waals surface area contributed by atoms with E-state index in [4.69, 9.17) is 34.7 Å². The number of nitrogens with two attached hydrogens (primary N) is 2. The quantitative estimate of drug-likeness (QED) is 0.0244. The molecule has 0 aliphatic heterocycles. The largest absolute Gasteiger partial charge is 1.00 e. The number of rotatable bonds is 11. The van der Waals surface area contributed by atoms with E-state index in [1.807, 2.05) is 0 Å². The average Bonchev–Trinajstić information content (AvgIpc) is 2.94. The van der Waals surface area contributed by atoms with Crippen LogP contribution >= 0.6 is 35.2 Å². The van der Waals surface area contributed by atoms with Gasteiger partial charge in [-0.2, -0.15) is 19.3 Å². The van der Waals surface area contributed by atoms with Gasteiger partial charge in [0, 0.05) is 5.69 Å². The molecule has 19 nitrogen and oxygen atoms in total. The number of aromatic nitrogens is 3. The van der Waals surface area contributed by atoms with Crippen molar-refractivity contribution in [2.45, 2.75) is 14.7 Å². The van der Waals surface area contributed by atoms with Gasteiger partial charge in [-0.1, -0.05) is 12.1 Å². The summed E-state index contributed by atoms with van der Waals surface area (Å²) in [6, 6.07) is 9.59. The molecule has 0 saturated carbocycles. The van der Waals surface area contributed by atoms with E-state index in [0.29, 0.717) is 18.1 Å². The van der Waals surface area contributed by atoms with E-state index in [-0.39, 0.29) is 121 Å². The Balaban J connectivity index is 0.00000384. The number of nitrogens with zero attached hydrogens (tertiary/aromatic N) is 7. The zero-order valence-electron chi connectivity index (χ0n) is 24.6. The van der Waals surface area contributed by atoms with Gasteiger partial charge in [0.15, 0.2) is 0 Å². The standard InChI is InChI=1S/C21H16Cl2N10O9S3.3Na/c22-19-27-20(23)29-21(28-19)26-9-5-6-13(43-42-41-34)11(7-9)31-33-18-16(24)12(8-15(17(18)25)45(38,39)40)32-30-10-3-1-2-4-14(10)44(35,36)37;;;/h1-8,34H,24-25H2,(H,35,36,37)(H,38,39,40)(H,26,27,28,29);;;/q;3*+1/p-3. The van der Waals surface area contributed by atoms with Gasteiger partial charge in [-0.25, -0.2) is 16.8 Å². The number of nitrogens with one attached hydrogen (secondary N) is 1. The van der Waals surface area contributed by atoms with Gasteiger partial charge in [0.25, 0.3) is 0 Å². The summed E-state index contributed by atoms with van der Waals surface area (Å²) < 4.78 is 75.1. The molecule has 3 aromatic carbocycles. The maximum atomic E-state index is 12.0. The smallest absolute Gasteiger partial charge is 0.744 e. The molecule has 1 aromatic heterocycles. The van der Waals surface area contributed by atoms with E-state index in [9.17, 15) is 31.2 Å². The van der Waals surface area contributed by atoms with Crippen LogP contribution in [0.25, 0.3) is 0 Å². The van der Waals surface area contributed by atoms with E-state index in [1.165, 1.54) is 30.3 Å². The summed E-state index contributed by atoms with van der Waals surface area (Å²) in [6.07, 6.45) is 0. The molecule has 0 aliphatic carbocycles. The molecule has 48 heavy (non-hydrogen) atoms. The first-order valence-corrected chi connectivity index (χ1v) is 15.7. The Labute approximate surface area is 352 Å². The normalized spacial score (nSPS) is 11.5. The van der Waals surface area contributed by atoms with Crippen molar-refractivity contribution in [2.75, 3.05) is 16.8 Å². The van der Waals surface area contributed by atoms with Crippen molar-refractivity contribution in [3.05, 3.63) is 59.1 Å². The third-order valence-electron chi connectivity index (χ3n) is 5.19. The topological polar surface area (TPSA) is 308 Å². The van der Waals surface area contributed by atoms with Crippen molar-refractivity contribution in [3.8, 4) is 0 Å². The van der Waals surface area contributed by atoms with E-state index in [0.717, 1.165) is 12.1 Å². The van der Waals surface area contributed by atoms with Crippen molar-refractivity contribution >= 4 is 101 Å². The summed E-state index contributed by atoms with van der Waals surface area (Å²) in [6.45, 7) is 0. The predicted octanol–water partition coefficient (Wildman–Crippen LogP) is -5.03. The first-order valence-electron chi connectivity index (χ1n) is 11.3. The summed E-state index contributed by atoms with van der Waals surface area (Å²) in [5.41, 5.74) is 9.58. The van der Waals surface area contributed by atoms with Crippen LogP contribution in [0.5, 0.6) is 0 Å². The molecule has 0 aliphatic rings. The van der Waals surface area contributed by atoms with Crippen LogP contribution in [-0.4, -0.2) is 40.9 Å². The molecule has 27 heteroatoms. The maximum absolute atomic E-state index is 12.0. The molecular weight excluding hydrogens is 772 g/mol. The van der Waals surface area contributed by atoms with Crippen LogP contribution in [0.2, 0.25) is 10.6 Å². The molecule has 0 atom stereocenters. The summed E-state index contributed by atoms with van der Waals surface area (Å²) in [5, 5.41) is 31.4. The van der Waals surface area contributed by atoms with Gasteiger partial charge in [0.2, 0.25) is 16.5 Å². The Hall–Kier alpha value is -1.10. The van der Waals surface area contributed by atoms with E-state index in [2.05, 4.69) is 50.1 Å². The third-order valence-corrected chi connectivity index (χ3v) is 7.94. The second-order valence-electron chi connectivity index (χ2n) is 8.07. The van der Waals surface area contributed by atoms with Crippen LogP contribution in [0, 0.1) is 0 Å².